The van der Waals surface area contributed by atoms with Crippen LogP contribution in [0.5, 0.6) is 5.75 Å². The highest BCUT2D eigenvalue weighted by molar-refractivity contribution is 6.05. The first kappa shape index (κ1) is 18.7. The summed E-state index contributed by atoms with van der Waals surface area (Å²) in [6, 6.07) is 23.9. The van der Waals surface area contributed by atoms with Gasteiger partial charge in [0.2, 0.25) is 0 Å². The lowest BCUT2D eigenvalue weighted by Gasteiger charge is -2.16. The molecular formula is C23H25N3O. The minimum atomic E-state index is 0.502. The van der Waals surface area contributed by atoms with Crippen LogP contribution in [0.1, 0.15) is 11.1 Å². The number of nitrogens with one attached hydrogen (secondary N) is 1. The molecule has 0 bridgehead atoms. The number of likely N-dealkylation sites (N-methyl/N-ethyl adjacent to an activating group) is 1. The Morgan fingerprint density at radius 2 is 1.67 bits per heavy atom. The molecule has 0 saturated carbocycles. The van der Waals surface area contributed by atoms with Crippen molar-refractivity contribution in [1.82, 2.24) is 4.90 Å². The molecule has 4 nitrogen and oxygen atoms in total. The van der Waals surface area contributed by atoms with E-state index < -0.39 is 0 Å². The van der Waals surface area contributed by atoms with Gasteiger partial charge in [-0.3, -0.25) is 0 Å². The van der Waals surface area contributed by atoms with Crippen LogP contribution in [-0.2, 0) is 6.61 Å². The molecule has 0 aliphatic carbocycles. The lowest BCUT2D eigenvalue weighted by Crippen LogP contribution is -2.22. The van der Waals surface area contributed by atoms with E-state index in [0.717, 1.165) is 28.0 Å². The maximum atomic E-state index is 8.35. The maximum Gasteiger partial charge on any atom is 0.127 e. The van der Waals surface area contributed by atoms with Gasteiger partial charge in [0.15, 0.2) is 0 Å². The van der Waals surface area contributed by atoms with E-state index in [1.807, 2.05) is 91.8 Å². The summed E-state index contributed by atoms with van der Waals surface area (Å²) in [7, 11) is 3.89. The van der Waals surface area contributed by atoms with Crippen LogP contribution < -0.4 is 10.5 Å². The monoisotopic (exact) mass is 359 g/mol. The molecule has 4 heteroatoms. The molecule has 3 aromatic carbocycles. The molecule has 138 valence electrons. The van der Waals surface area contributed by atoms with Crippen molar-refractivity contribution in [3.05, 3.63) is 83.9 Å². The Hall–Kier alpha value is -3.11. The molecule has 0 atom stereocenters. The highest BCUT2D eigenvalue weighted by Crippen LogP contribution is 2.32. The zero-order valence-electron chi connectivity index (χ0n) is 15.8. The average molecular weight is 359 g/mol. The molecule has 0 radical (unpaired) electrons. The summed E-state index contributed by atoms with van der Waals surface area (Å²) in [5.74, 6) is 0.816. The summed E-state index contributed by atoms with van der Waals surface area (Å²) in [6.07, 6.45) is 0. The van der Waals surface area contributed by atoms with E-state index in [4.69, 9.17) is 15.9 Å². The van der Waals surface area contributed by atoms with E-state index in [1.165, 1.54) is 0 Å². The first-order valence-corrected chi connectivity index (χ1v) is 8.93. The Morgan fingerprint density at radius 1 is 0.963 bits per heavy atom. The van der Waals surface area contributed by atoms with Crippen LogP contribution in [0.2, 0.25) is 0 Å². The fourth-order valence-corrected chi connectivity index (χ4v) is 2.95. The zero-order chi connectivity index (χ0) is 19.2. The van der Waals surface area contributed by atoms with E-state index in [2.05, 4.69) is 0 Å². The van der Waals surface area contributed by atoms with Gasteiger partial charge in [-0.05, 0) is 43.4 Å². The molecule has 0 amide bonds. The van der Waals surface area contributed by atoms with Crippen molar-refractivity contribution in [3.8, 4) is 16.9 Å². The third kappa shape index (κ3) is 4.74. The number of para-hydroxylation sites is 1. The summed E-state index contributed by atoms with van der Waals surface area (Å²) >= 11 is 0. The Morgan fingerprint density at radius 3 is 2.41 bits per heavy atom. The van der Waals surface area contributed by atoms with Crippen LogP contribution in [0.4, 0.5) is 5.69 Å². The number of rotatable bonds is 7. The van der Waals surface area contributed by atoms with Crippen molar-refractivity contribution in [2.45, 2.75) is 6.61 Å². The van der Waals surface area contributed by atoms with Gasteiger partial charge in [-0.1, -0.05) is 54.6 Å². The fraction of sp³-hybridized carbons (Fsp3) is 0.174. The topological polar surface area (TPSA) is 62.3 Å². The van der Waals surface area contributed by atoms with Crippen LogP contribution in [0.25, 0.3) is 11.1 Å². The highest BCUT2D eigenvalue weighted by Gasteiger charge is 2.12. The van der Waals surface area contributed by atoms with Crippen molar-refractivity contribution >= 4 is 11.4 Å². The maximum absolute atomic E-state index is 8.35. The van der Waals surface area contributed by atoms with Crippen molar-refractivity contribution in [2.75, 3.05) is 26.4 Å². The number of nitrogens with zero attached hydrogens (tertiary/aromatic N) is 1. The second-order valence-corrected chi connectivity index (χ2v) is 6.79. The molecule has 0 aliphatic rings. The first-order valence-electron chi connectivity index (χ1n) is 8.93. The smallest absolute Gasteiger partial charge is 0.127 e. The van der Waals surface area contributed by atoms with E-state index in [1.54, 1.807) is 0 Å². The third-order valence-electron chi connectivity index (χ3n) is 4.29. The fourth-order valence-electron chi connectivity index (χ4n) is 2.95. The van der Waals surface area contributed by atoms with Gasteiger partial charge in [-0.25, -0.2) is 0 Å². The largest absolute Gasteiger partial charge is 0.488 e. The molecule has 0 aliphatic heterocycles. The Labute approximate surface area is 160 Å². The van der Waals surface area contributed by atoms with Gasteiger partial charge < -0.3 is 20.8 Å². The Balaban J connectivity index is 1.89. The minimum Gasteiger partial charge on any atom is -0.488 e. The average Bonchev–Trinajstić information content (AvgIpc) is 2.67. The summed E-state index contributed by atoms with van der Waals surface area (Å²) in [5.41, 5.74) is 11.1. The zero-order valence-corrected chi connectivity index (χ0v) is 15.8. The number of nitrogen functional groups attached to an aromatic ring is 1. The first-order chi connectivity index (χ1) is 13.0. The number of nitrogens with two attached hydrogens (primary N) is 1. The van der Waals surface area contributed by atoms with Gasteiger partial charge in [-0.2, -0.15) is 0 Å². The molecule has 0 heterocycles. The predicted octanol–water partition coefficient (Wildman–Crippen LogP) is 4.44. The van der Waals surface area contributed by atoms with Gasteiger partial charge in [0.25, 0.3) is 0 Å². The minimum absolute atomic E-state index is 0.502. The summed E-state index contributed by atoms with van der Waals surface area (Å²) in [5, 5.41) is 8.35. The normalized spacial score (nSPS) is 10.8. The summed E-state index contributed by atoms with van der Waals surface area (Å²) in [6.45, 7) is 1.05. The van der Waals surface area contributed by atoms with Crippen LogP contribution in [0.15, 0.2) is 72.8 Å². The lowest BCUT2D eigenvalue weighted by molar-refractivity contribution is 0.307. The molecule has 0 unspecified atom stereocenters. The summed E-state index contributed by atoms with van der Waals surface area (Å²) in [4.78, 5) is 1.96. The second-order valence-electron chi connectivity index (χ2n) is 6.79. The predicted molar refractivity (Wildman–Crippen MR) is 112 cm³/mol. The molecule has 0 spiro atoms. The SMILES string of the molecule is CN(C)CC(=N)c1cc(-c2ccccc2OCc2ccccc2)ccc1N. The quantitative estimate of drug-likeness (QED) is 0.484. The molecule has 0 fully saturated rings. The number of benzene rings is 3. The molecule has 0 saturated heterocycles. The number of anilines is 1. The molecule has 0 aromatic heterocycles. The standard InChI is InChI=1S/C23H25N3O/c1-26(2)15-22(25)20-14-18(12-13-21(20)24)19-10-6-7-11-23(19)27-16-17-8-4-3-5-9-17/h3-14,25H,15-16,24H2,1-2H3. The van der Waals surface area contributed by atoms with Crippen molar-refractivity contribution in [1.29, 1.82) is 5.41 Å². The third-order valence-corrected chi connectivity index (χ3v) is 4.29. The Kier molecular flexibility index (Phi) is 5.89. The van der Waals surface area contributed by atoms with Gasteiger partial charge in [0, 0.05) is 23.4 Å². The van der Waals surface area contributed by atoms with Crippen molar-refractivity contribution < 1.29 is 4.74 Å². The molecule has 27 heavy (non-hydrogen) atoms. The lowest BCUT2D eigenvalue weighted by atomic mass is 9.98. The molecule has 3 aromatic rings. The van der Waals surface area contributed by atoms with Crippen molar-refractivity contribution in [2.24, 2.45) is 0 Å². The van der Waals surface area contributed by atoms with Crippen molar-refractivity contribution in [3.63, 3.8) is 0 Å². The van der Waals surface area contributed by atoms with Crippen LogP contribution in [0, 0.1) is 5.41 Å². The van der Waals surface area contributed by atoms with E-state index in [0.29, 0.717) is 24.6 Å². The number of hydrogen-bond acceptors (Lipinski definition) is 4. The van der Waals surface area contributed by atoms with Gasteiger partial charge >= 0.3 is 0 Å². The molecule has 3 rings (SSSR count). The second kappa shape index (κ2) is 8.52. The van der Waals surface area contributed by atoms with E-state index in [9.17, 15) is 0 Å². The van der Waals surface area contributed by atoms with E-state index in [-0.39, 0.29) is 0 Å². The Bertz CT molecular complexity index is 920. The molecular weight excluding hydrogens is 334 g/mol. The van der Waals surface area contributed by atoms with Gasteiger partial charge in [-0.15, -0.1) is 0 Å². The van der Waals surface area contributed by atoms with E-state index >= 15 is 0 Å². The van der Waals surface area contributed by atoms with Crippen LogP contribution in [0.3, 0.4) is 0 Å². The number of ether oxygens (including phenoxy) is 1. The van der Waals surface area contributed by atoms with Crippen LogP contribution >= 0.6 is 0 Å². The number of hydrogen-bond donors (Lipinski definition) is 2. The highest BCUT2D eigenvalue weighted by atomic mass is 16.5. The molecule has 3 N–H and O–H groups in total. The van der Waals surface area contributed by atoms with Crippen LogP contribution in [-0.4, -0.2) is 31.3 Å². The van der Waals surface area contributed by atoms with Gasteiger partial charge in [0.1, 0.15) is 12.4 Å². The summed E-state index contributed by atoms with van der Waals surface area (Å²) < 4.78 is 6.08. The van der Waals surface area contributed by atoms with Gasteiger partial charge in [0.05, 0.1) is 5.71 Å².